The summed E-state index contributed by atoms with van der Waals surface area (Å²) in [6, 6.07) is 21.4. The molecule has 0 fully saturated rings. The maximum Gasteiger partial charge on any atom is 0.258 e. The van der Waals surface area contributed by atoms with E-state index in [1.54, 1.807) is 54.4 Å². The van der Waals surface area contributed by atoms with Crippen molar-refractivity contribution in [2.45, 2.75) is 4.90 Å². The molecule has 0 aliphatic carbocycles. The van der Waals surface area contributed by atoms with E-state index in [9.17, 15) is 9.59 Å². The normalized spacial score (nSPS) is 10.3. The number of nitrogens with zero attached hydrogens (tertiary/aromatic N) is 1. The molecular weight excluding hydrogens is 358 g/mol. The molecule has 3 aromatic carbocycles. The molecule has 3 rings (SSSR count). The molecule has 5 nitrogen and oxygen atoms in total. The maximum atomic E-state index is 12.7. The number of quaternary nitrogens is 1. The van der Waals surface area contributed by atoms with Crippen LogP contribution < -0.4 is 16.0 Å². The summed E-state index contributed by atoms with van der Waals surface area (Å²) in [5, 5.41) is 2.82. The van der Waals surface area contributed by atoms with Crippen LogP contribution >= 0.6 is 12.6 Å². The Hall–Kier alpha value is -3.09. The van der Waals surface area contributed by atoms with E-state index in [1.165, 1.54) is 0 Å². The van der Waals surface area contributed by atoms with Gasteiger partial charge in [0.25, 0.3) is 11.8 Å². The fourth-order valence-electron chi connectivity index (χ4n) is 2.62. The SMILES string of the molecule is CN(C(=O)c1cccc(NC(=O)c2ccc(S)c([NH3+])c2)c1)c1ccccc1. The lowest BCUT2D eigenvalue weighted by Crippen LogP contribution is -2.41. The van der Waals surface area contributed by atoms with Crippen LogP contribution in [0.4, 0.5) is 17.1 Å². The van der Waals surface area contributed by atoms with Gasteiger partial charge in [-0.15, -0.1) is 12.6 Å². The lowest BCUT2D eigenvalue weighted by atomic mass is 10.1. The average Bonchev–Trinajstić information content (AvgIpc) is 2.69. The van der Waals surface area contributed by atoms with Crippen molar-refractivity contribution in [1.82, 2.24) is 0 Å². The number of rotatable bonds is 4. The molecule has 0 aliphatic rings. The minimum atomic E-state index is -0.269. The molecule has 0 radical (unpaired) electrons. The lowest BCUT2D eigenvalue weighted by molar-refractivity contribution is -0.258. The van der Waals surface area contributed by atoms with Gasteiger partial charge in [0, 0.05) is 35.6 Å². The third kappa shape index (κ3) is 4.36. The Bertz CT molecular complexity index is 990. The highest BCUT2D eigenvalue weighted by atomic mass is 32.1. The quantitative estimate of drug-likeness (QED) is 0.609. The van der Waals surface area contributed by atoms with Crippen LogP contribution in [0.2, 0.25) is 0 Å². The van der Waals surface area contributed by atoms with E-state index in [0.717, 1.165) is 10.6 Å². The first-order chi connectivity index (χ1) is 13.0. The molecule has 0 spiro atoms. The first-order valence-electron chi connectivity index (χ1n) is 8.35. The van der Waals surface area contributed by atoms with Crippen molar-refractivity contribution in [2.24, 2.45) is 0 Å². The van der Waals surface area contributed by atoms with Gasteiger partial charge in [-0.25, -0.2) is 0 Å². The smallest absolute Gasteiger partial charge is 0.258 e. The highest BCUT2D eigenvalue weighted by Gasteiger charge is 2.15. The van der Waals surface area contributed by atoms with Crippen LogP contribution in [0.1, 0.15) is 20.7 Å². The summed E-state index contributed by atoms with van der Waals surface area (Å²) in [6.45, 7) is 0. The lowest BCUT2D eigenvalue weighted by Gasteiger charge is -2.17. The van der Waals surface area contributed by atoms with Gasteiger partial charge in [0.1, 0.15) is 5.69 Å². The Morgan fingerprint density at radius 3 is 2.37 bits per heavy atom. The third-order valence-corrected chi connectivity index (χ3v) is 4.59. The number of para-hydroxylation sites is 1. The minimum Gasteiger partial charge on any atom is -0.324 e. The monoisotopic (exact) mass is 378 g/mol. The van der Waals surface area contributed by atoms with E-state index in [4.69, 9.17) is 0 Å². The molecule has 0 heterocycles. The van der Waals surface area contributed by atoms with Crippen LogP contribution in [0.25, 0.3) is 0 Å². The van der Waals surface area contributed by atoms with Gasteiger partial charge in [-0.05, 0) is 42.5 Å². The summed E-state index contributed by atoms with van der Waals surface area (Å²) in [7, 11) is 1.72. The van der Waals surface area contributed by atoms with Crippen molar-refractivity contribution in [2.75, 3.05) is 17.3 Å². The number of anilines is 2. The average molecular weight is 378 g/mol. The summed E-state index contributed by atoms with van der Waals surface area (Å²) >= 11 is 4.26. The Balaban J connectivity index is 1.78. The summed E-state index contributed by atoms with van der Waals surface area (Å²) in [5.41, 5.74) is 6.85. The van der Waals surface area contributed by atoms with Gasteiger partial charge in [-0.1, -0.05) is 24.3 Å². The van der Waals surface area contributed by atoms with Crippen molar-refractivity contribution in [3.05, 3.63) is 83.9 Å². The number of amides is 2. The van der Waals surface area contributed by atoms with Crippen LogP contribution in [0.5, 0.6) is 0 Å². The van der Waals surface area contributed by atoms with Crippen molar-refractivity contribution in [1.29, 1.82) is 0 Å². The zero-order chi connectivity index (χ0) is 19.4. The van der Waals surface area contributed by atoms with Gasteiger partial charge in [0.05, 0.1) is 4.90 Å². The summed E-state index contributed by atoms with van der Waals surface area (Å²) < 4.78 is 0. The molecule has 0 aliphatic heterocycles. The number of hydrogen-bond acceptors (Lipinski definition) is 3. The van der Waals surface area contributed by atoms with Gasteiger partial charge in [-0.3, -0.25) is 9.59 Å². The van der Waals surface area contributed by atoms with Crippen molar-refractivity contribution >= 4 is 41.5 Å². The molecule has 3 aromatic rings. The van der Waals surface area contributed by atoms with Crippen molar-refractivity contribution < 1.29 is 15.3 Å². The highest BCUT2D eigenvalue weighted by Crippen LogP contribution is 2.20. The van der Waals surface area contributed by atoms with Crippen LogP contribution in [-0.2, 0) is 0 Å². The highest BCUT2D eigenvalue weighted by molar-refractivity contribution is 7.80. The van der Waals surface area contributed by atoms with E-state index >= 15 is 0 Å². The third-order valence-electron chi connectivity index (χ3n) is 4.16. The molecule has 0 unspecified atom stereocenters. The molecule has 4 N–H and O–H groups in total. The zero-order valence-electron chi connectivity index (χ0n) is 14.8. The van der Waals surface area contributed by atoms with Gasteiger partial charge in [0.2, 0.25) is 0 Å². The van der Waals surface area contributed by atoms with Gasteiger partial charge in [0.15, 0.2) is 0 Å². The molecule has 6 heteroatoms. The van der Waals surface area contributed by atoms with E-state index in [2.05, 4.69) is 23.7 Å². The topological polar surface area (TPSA) is 77.1 Å². The number of nitrogens with one attached hydrogen (secondary N) is 1. The number of thiol groups is 1. The van der Waals surface area contributed by atoms with Gasteiger partial charge < -0.3 is 16.0 Å². The first kappa shape index (κ1) is 18.7. The van der Waals surface area contributed by atoms with Gasteiger partial charge in [-0.2, -0.15) is 0 Å². The van der Waals surface area contributed by atoms with Crippen LogP contribution in [-0.4, -0.2) is 18.9 Å². The summed E-state index contributed by atoms with van der Waals surface area (Å²) in [4.78, 5) is 27.5. The standard InChI is InChI=1S/C21H19N3O2S/c1-24(17-8-3-2-4-9-17)21(26)15-6-5-7-16(12-15)23-20(25)14-10-11-19(27)18(22)13-14/h2-13,27H,22H2,1H3,(H,23,25)/p+1. The Morgan fingerprint density at radius 2 is 1.67 bits per heavy atom. The Morgan fingerprint density at radius 1 is 0.926 bits per heavy atom. The van der Waals surface area contributed by atoms with Crippen molar-refractivity contribution in [3.63, 3.8) is 0 Å². The molecular formula is C21H20N3O2S+. The second-order valence-electron chi connectivity index (χ2n) is 6.08. The largest absolute Gasteiger partial charge is 0.324 e. The fourth-order valence-corrected chi connectivity index (χ4v) is 2.76. The minimum absolute atomic E-state index is 0.156. The molecule has 0 aromatic heterocycles. The number of hydrogen-bond donors (Lipinski definition) is 3. The fraction of sp³-hybridized carbons (Fsp3) is 0.0476. The summed E-state index contributed by atoms with van der Waals surface area (Å²) in [5.74, 6) is -0.425. The van der Waals surface area contributed by atoms with E-state index in [-0.39, 0.29) is 11.8 Å². The van der Waals surface area contributed by atoms with E-state index in [0.29, 0.717) is 22.5 Å². The van der Waals surface area contributed by atoms with Crippen LogP contribution in [0.15, 0.2) is 77.7 Å². The van der Waals surface area contributed by atoms with E-state index in [1.807, 2.05) is 30.3 Å². The molecule has 0 bridgehead atoms. The zero-order valence-corrected chi connectivity index (χ0v) is 15.7. The number of carbonyl (C=O) groups excluding carboxylic acids is 2. The summed E-state index contributed by atoms with van der Waals surface area (Å²) in [6.07, 6.45) is 0. The molecule has 2 amide bonds. The molecule has 27 heavy (non-hydrogen) atoms. The molecule has 0 atom stereocenters. The molecule has 0 saturated carbocycles. The Kier molecular flexibility index (Phi) is 5.59. The van der Waals surface area contributed by atoms with Crippen molar-refractivity contribution in [3.8, 4) is 0 Å². The van der Waals surface area contributed by atoms with Crippen LogP contribution in [0, 0.1) is 0 Å². The number of carbonyl (C=O) groups is 2. The maximum absolute atomic E-state index is 12.7. The Labute approximate surface area is 163 Å². The predicted molar refractivity (Wildman–Crippen MR) is 110 cm³/mol. The first-order valence-corrected chi connectivity index (χ1v) is 8.80. The number of benzene rings is 3. The second-order valence-corrected chi connectivity index (χ2v) is 6.56. The predicted octanol–water partition coefficient (Wildman–Crippen LogP) is 3.38. The van der Waals surface area contributed by atoms with Crippen LogP contribution in [0.3, 0.4) is 0 Å². The molecule has 136 valence electrons. The molecule has 0 saturated heterocycles. The van der Waals surface area contributed by atoms with Gasteiger partial charge >= 0.3 is 0 Å². The van der Waals surface area contributed by atoms with E-state index < -0.39 is 0 Å². The second kappa shape index (κ2) is 8.07.